The number of nitrogens with two attached hydrogens (primary N) is 1. The van der Waals surface area contributed by atoms with Crippen molar-refractivity contribution in [2.75, 3.05) is 99.4 Å². The summed E-state index contributed by atoms with van der Waals surface area (Å²) in [5, 5.41) is 19.7. The Hall–Kier alpha value is -3.07. The van der Waals surface area contributed by atoms with Crippen LogP contribution >= 0.6 is 0 Å². The highest BCUT2D eigenvalue weighted by Crippen LogP contribution is 2.06. The summed E-state index contributed by atoms with van der Waals surface area (Å²) in [4.78, 5) is 61.6. The van der Waals surface area contributed by atoms with Crippen LogP contribution in [0.1, 0.15) is 33.1 Å². The van der Waals surface area contributed by atoms with Gasteiger partial charge >= 0.3 is 0 Å². The van der Waals surface area contributed by atoms with Gasteiger partial charge in [-0.05, 0) is 25.3 Å². The number of nitrogens with zero attached hydrogens (tertiary/aromatic N) is 1. The molecular formula is C31H56N6O12. The summed E-state index contributed by atoms with van der Waals surface area (Å²) in [5.74, 6) is -2.07. The molecule has 0 aromatic heterocycles. The molecule has 18 nitrogen and oxygen atoms in total. The monoisotopic (exact) mass is 704 g/mol. The molecule has 0 spiro atoms. The normalized spacial score (nSPS) is 14.7. The average molecular weight is 705 g/mol. The average Bonchev–Trinajstić information content (AvgIpc) is 3.39. The number of aliphatic hydroxyl groups is 1. The summed E-state index contributed by atoms with van der Waals surface area (Å²) in [6.45, 7) is 8.26. The minimum Gasteiger partial charge on any atom is -0.379 e. The van der Waals surface area contributed by atoms with Gasteiger partial charge in [0.2, 0.25) is 17.7 Å². The topological polar surface area (TPSA) is 238 Å². The Bertz CT molecular complexity index is 982. The van der Waals surface area contributed by atoms with Crippen molar-refractivity contribution in [1.29, 1.82) is 0 Å². The zero-order valence-electron chi connectivity index (χ0n) is 28.9. The van der Waals surface area contributed by atoms with Gasteiger partial charge in [0, 0.05) is 25.6 Å². The van der Waals surface area contributed by atoms with E-state index in [2.05, 4.69) is 21.3 Å². The standard InChI is InChI=1S/C31H56N6O12/c1-23(2)28(30(42)35-24(29(41)33-3)5-4-9-34-31(32)43)36-25(38)8-11-44-13-15-46-17-19-48-21-22-49-20-18-47-16-14-45-12-10-37-26(39)6-7-27(37)40/h6-7,23-24,28,31,34,43H,4-5,8-22,32H2,1-3H3,(H,33,41)(H,35,42)(H,36,38). The van der Waals surface area contributed by atoms with E-state index in [1.165, 1.54) is 19.2 Å². The molecule has 7 N–H and O–H groups in total. The summed E-state index contributed by atoms with van der Waals surface area (Å²) >= 11 is 0. The Morgan fingerprint density at radius 1 is 0.755 bits per heavy atom. The summed E-state index contributed by atoms with van der Waals surface area (Å²) in [5.41, 5.74) is 5.24. The van der Waals surface area contributed by atoms with Crippen molar-refractivity contribution >= 4 is 29.5 Å². The Morgan fingerprint density at radius 3 is 1.67 bits per heavy atom. The van der Waals surface area contributed by atoms with Crippen molar-refractivity contribution in [3.63, 3.8) is 0 Å². The van der Waals surface area contributed by atoms with Gasteiger partial charge in [-0.1, -0.05) is 13.8 Å². The van der Waals surface area contributed by atoms with E-state index in [9.17, 15) is 24.0 Å². The SMILES string of the molecule is CNC(=O)C(CCCNC(N)O)NC(=O)C(NC(=O)CCOCCOCCOCCOCCOCCOCCN1C(=O)C=CC1=O)C(C)C. The van der Waals surface area contributed by atoms with Crippen LogP contribution in [0, 0.1) is 5.92 Å². The highest BCUT2D eigenvalue weighted by atomic mass is 16.6. The van der Waals surface area contributed by atoms with E-state index < -0.39 is 24.3 Å². The van der Waals surface area contributed by atoms with Crippen molar-refractivity contribution in [3.8, 4) is 0 Å². The van der Waals surface area contributed by atoms with E-state index in [-0.39, 0.29) is 62.3 Å². The molecule has 0 bridgehead atoms. The number of amides is 5. The van der Waals surface area contributed by atoms with Crippen molar-refractivity contribution in [1.82, 2.24) is 26.2 Å². The molecule has 1 aliphatic rings. The highest BCUT2D eigenvalue weighted by molar-refractivity contribution is 6.12. The first kappa shape index (κ1) is 44.0. The number of nitrogens with one attached hydrogen (secondary N) is 4. The molecule has 1 heterocycles. The second-order valence-corrected chi connectivity index (χ2v) is 11.1. The zero-order chi connectivity index (χ0) is 36.3. The Kier molecular flexibility index (Phi) is 24.9. The lowest BCUT2D eigenvalue weighted by Gasteiger charge is -2.25. The van der Waals surface area contributed by atoms with Gasteiger partial charge in [-0.2, -0.15) is 0 Å². The molecule has 282 valence electrons. The smallest absolute Gasteiger partial charge is 0.253 e. The first-order valence-electron chi connectivity index (χ1n) is 16.5. The van der Waals surface area contributed by atoms with Crippen LogP contribution in [0.2, 0.25) is 0 Å². The van der Waals surface area contributed by atoms with Gasteiger partial charge in [0.1, 0.15) is 12.1 Å². The summed E-state index contributed by atoms with van der Waals surface area (Å²) in [7, 11) is 1.47. The molecule has 18 heteroatoms. The van der Waals surface area contributed by atoms with Crippen molar-refractivity contribution < 1.29 is 57.5 Å². The number of rotatable bonds is 31. The fourth-order valence-electron chi connectivity index (χ4n) is 4.22. The molecule has 0 saturated heterocycles. The fraction of sp³-hybridized carbons (Fsp3) is 0.774. The van der Waals surface area contributed by atoms with Gasteiger partial charge in [0.25, 0.3) is 11.8 Å². The van der Waals surface area contributed by atoms with Gasteiger partial charge in [-0.15, -0.1) is 0 Å². The van der Waals surface area contributed by atoms with Crippen LogP contribution in [0.15, 0.2) is 12.2 Å². The van der Waals surface area contributed by atoms with E-state index in [4.69, 9.17) is 39.3 Å². The number of hydrogen-bond donors (Lipinski definition) is 6. The molecular weight excluding hydrogens is 648 g/mol. The maximum atomic E-state index is 12.9. The molecule has 5 amide bonds. The molecule has 0 aromatic rings. The van der Waals surface area contributed by atoms with E-state index in [0.29, 0.717) is 78.8 Å². The minimum atomic E-state index is -1.17. The number of likely N-dealkylation sites (N-methyl/N-ethyl adjacent to an activating group) is 1. The Morgan fingerprint density at radius 2 is 1.22 bits per heavy atom. The molecule has 0 aromatic carbocycles. The number of imide groups is 1. The maximum Gasteiger partial charge on any atom is 0.253 e. The summed E-state index contributed by atoms with van der Waals surface area (Å²) < 4.78 is 32.5. The maximum absolute atomic E-state index is 12.9. The van der Waals surface area contributed by atoms with E-state index in [1.54, 1.807) is 13.8 Å². The largest absolute Gasteiger partial charge is 0.379 e. The van der Waals surface area contributed by atoms with E-state index in [1.807, 2.05) is 0 Å². The first-order valence-corrected chi connectivity index (χ1v) is 16.5. The van der Waals surface area contributed by atoms with Crippen LogP contribution in [0.25, 0.3) is 0 Å². The summed E-state index contributed by atoms with van der Waals surface area (Å²) in [6.07, 6.45) is 2.15. The van der Waals surface area contributed by atoms with Crippen LogP contribution in [0.3, 0.4) is 0 Å². The molecule has 3 unspecified atom stereocenters. The predicted octanol–water partition coefficient (Wildman–Crippen LogP) is -2.62. The van der Waals surface area contributed by atoms with Crippen LogP contribution in [-0.4, -0.2) is 157 Å². The predicted molar refractivity (Wildman–Crippen MR) is 176 cm³/mol. The third kappa shape index (κ3) is 21.6. The minimum absolute atomic E-state index is 0.0493. The molecule has 0 radical (unpaired) electrons. The molecule has 0 fully saturated rings. The lowest BCUT2D eigenvalue weighted by molar-refractivity contribution is -0.137. The third-order valence-electron chi connectivity index (χ3n) is 6.86. The van der Waals surface area contributed by atoms with Crippen LogP contribution in [-0.2, 0) is 52.4 Å². The number of carbonyl (C=O) groups excluding carboxylic acids is 5. The Balaban J connectivity index is 1.99. The van der Waals surface area contributed by atoms with Gasteiger partial charge in [-0.3, -0.25) is 39.9 Å². The quantitative estimate of drug-likeness (QED) is 0.0246. The van der Waals surface area contributed by atoms with Crippen molar-refractivity contribution in [2.45, 2.75) is 51.5 Å². The molecule has 0 saturated carbocycles. The second kappa shape index (κ2) is 27.7. The van der Waals surface area contributed by atoms with Gasteiger partial charge in [0.15, 0.2) is 6.35 Å². The number of hydrogen-bond acceptors (Lipinski definition) is 14. The van der Waals surface area contributed by atoms with Crippen molar-refractivity contribution in [3.05, 3.63) is 12.2 Å². The van der Waals surface area contributed by atoms with E-state index >= 15 is 0 Å². The molecule has 1 aliphatic heterocycles. The third-order valence-corrected chi connectivity index (χ3v) is 6.86. The molecule has 0 aliphatic carbocycles. The summed E-state index contributed by atoms with van der Waals surface area (Å²) in [6, 6.07) is -1.65. The zero-order valence-corrected chi connectivity index (χ0v) is 28.9. The van der Waals surface area contributed by atoms with Crippen LogP contribution in [0.4, 0.5) is 0 Å². The Labute approximate surface area is 288 Å². The number of carbonyl (C=O) groups is 5. The molecule has 49 heavy (non-hydrogen) atoms. The van der Waals surface area contributed by atoms with Crippen molar-refractivity contribution in [2.24, 2.45) is 11.7 Å². The number of ether oxygens (including phenoxy) is 6. The van der Waals surface area contributed by atoms with Gasteiger partial charge < -0.3 is 49.5 Å². The lowest BCUT2D eigenvalue weighted by atomic mass is 10.0. The van der Waals surface area contributed by atoms with E-state index in [0.717, 1.165) is 4.90 Å². The highest BCUT2D eigenvalue weighted by Gasteiger charge is 2.28. The molecule has 3 atom stereocenters. The fourth-order valence-corrected chi connectivity index (χ4v) is 4.22. The van der Waals surface area contributed by atoms with Gasteiger partial charge in [0.05, 0.1) is 85.8 Å². The number of aliphatic hydroxyl groups excluding tert-OH is 1. The second-order valence-electron chi connectivity index (χ2n) is 11.1. The molecule has 1 rings (SSSR count). The van der Waals surface area contributed by atoms with Crippen LogP contribution in [0.5, 0.6) is 0 Å². The lowest BCUT2D eigenvalue weighted by Crippen LogP contribution is -2.55. The van der Waals surface area contributed by atoms with Gasteiger partial charge in [-0.25, -0.2) is 0 Å². The van der Waals surface area contributed by atoms with Crippen LogP contribution < -0.4 is 27.0 Å². The first-order chi connectivity index (χ1) is 23.6.